The minimum Gasteiger partial charge on any atom is -0.382 e. The van der Waals surface area contributed by atoms with Gasteiger partial charge in [0, 0.05) is 16.2 Å². The summed E-state index contributed by atoms with van der Waals surface area (Å²) in [5.41, 5.74) is 0.397. The first-order valence-corrected chi connectivity index (χ1v) is 5.85. The molecule has 0 fully saturated rings. The summed E-state index contributed by atoms with van der Waals surface area (Å²) in [6, 6.07) is 4.54. The fourth-order valence-corrected chi connectivity index (χ4v) is 1.85. The molecule has 1 aromatic carbocycles. The molecule has 1 atom stereocenters. The first kappa shape index (κ1) is 12.4. The van der Waals surface area contributed by atoms with E-state index in [-0.39, 0.29) is 10.6 Å². The van der Waals surface area contributed by atoms with E-state index in [0.29, 0.717) is 10.2 Å². The number of rotatable bonds is 2. The van der Waals surface area contributed by atoms with Crippen LogP contribution in [-0.2, 0) is 0 Å². The molecule has 2 aromatic rings. The molecule has 3 nitrogen and oxygen atoms in total. The van der Waals surface area contributed by atoms with Gasteiger partial charge >= 0.3 is 0 Å². The standard InChI is InChI=1S/C11H7BrClFN2O/c12-7-2-1-6(10(14)9(7)13)11(17)8-3-4-15-5-16-8/h1-5,11,17H. The van der Waals surface area contributed by atoms with E-state index in [0.717, 1.165) is 0 Å². The second-order valence-electron chi connectivity index (χ2n) is 3.30. The van der Waals surface area contributed by atoms with E-state index >= 15 is 0 Å². The fourth-order valence-electron chi connectivity index (χ4n) is 1.37. The van der Waals surface area contributed by atoms with E-state index in [9.17, 15) is 9.50 Å². The lowest BCUT2D eigenvalue weighted by Crippen LogP contribution is -2.05. The van der Waals surface area contributed by atoms with Gasteiger partial charge in [0.15, 0.2) is 0 Å². The van der Waals surface area contributed by atoms with Crippen LogP contribution in [0.3, 0.4) is 0 Å². The molecule has 6 heteroatoms. The first-order chi connectivity index (χ1) is 8.11. The minimum absolute atomic E-state index is 0.0596. The number of aliphatic hydroxyl groups is 1. The van der Waals surface area contributed by atoms with Crippen LogP contribution in [0.1, 0.15) is 17.4 Å². The van der Waals surface area contributed by atoms with Gasteiger partial charge in [-0.25, -0.2) is 14.4 Å². The Labute approximate surface area is 110 Å². The average molecular weight is 318 g/mol. The van der Waals surface area contributed by atoms with Crippen molar-refractivity contribution in [3.05, 3.63) is 57.3 Å². The molecular formula is C11H7BrClFN2O. The van der Waals surface area contributed by atoms with Crippen molar-refractivity contribution in [2.75, 3.05) is 0 Å². The lowest BCUT2D eigenvalue weighted by molar-refractivity contribution is 0.210. The van der Waals surface area contributed by atoms with E-state index in [1.54, 1.807) is 6.07 Å². The highest BCUT2D eigenvalue weighted by molar-refractivity contribution is 9.10. The Morgan fingerprint density at radius 3 is 2.76 bits per heavy atom. The van der Waals surface area contributed by atoms with Crippen LogP contribution in [0.15, 0.2) is 35.2 Å². The van der Waals surface area contributed by atoms with Gasteiger partial charge in [-0.3, -0.25) is 0 Å². The second-order valence-corrected chi connectivity index (χ2v) is 4.53. The summed E-state index contributed by atoms with van der Waals surface area (Å²) in [5, 5.41) is 9.92. The Morgan fingerprint density at radius 1 is 1.35 bits per heavy atom. The number of aromatic nitrogens is 2. The zero-order valence-electron chi connectivity index (χ0n) is 8.44. The number of hydrogen-bond acceptors (Lipinski definition) is 3. The lowest BCUT2D eigenvalue weighted by Gasteiger charge is -2.12. The van der Waals surface area contributed by atoms with Gasteiger partial charge in [0.25, 0.3) is 0 Å². The molecule has 88 valence electrons. The molecule has 0 saturated carbocycles. The summed E-state index contributed by atoms with van der Waals surface area (Å²) in [6.07, 6.45) is 1.60. The van der Waals surface area contributed by atoms with Gasteiger partial charge < -0.3 is 5.11 Å². The molecule has 1 unspecified atom stereocenters. The fraction of sp³-hybridized carbons (Fsp3) is 0.0909. The summed E-state index contributed by atoms with van der Waals surface area (Å²) in [6.45, 7) is 0. The molecule has 0 radical (unpaired) electrons. The quantitative estimate of drug-likeness (QED) is 0.866. The maximum absolute atomic E-state index is 13.8. The van der Waals surface area contributed by atoms with Crippen molar-refractivity contribution in [3.63, 3.8) is 0 Å². The van der Waals surface area contributed by atoms with Crippen molar-refractivity contribution in [3.8, 4) is 0 Å². The Hall–Kier alpha value is -1.04. The molecule has 0 aliphatic carbocycles. The van der Waals surface area contributed by atoms with Crippen LogP contribution in [0.4, 0.5) is 4.39 Å². The van der Waals surface area contributed by atoms with Crippen LogP contribution in [0.25, 0.3) is 0 Å². The molecule has 0 spiro atoms. The maximum atomic E-state index is 13.8. The number of hydrogen-bond donors (Lipinski definition) is 1. The molecular weight excluding hydrogens is 310 g/mol. The third-order valence-corrected chi connectivity index (χ3v) is 3.50. The van der Waals surface area contributed by atoms with Gasteiger partial charge in [-0.1, -0.05) is 17.7 Å². The second kappa shape index (κ2) is 5.08. The number of benzene rings is 1. The van der Waals surface area contributed by atoms with Crippen LogP contribution < -0.4 is 0 Å². The Kier molecular flexibility index (Phi) is 3.71. The summed E-state index contributed by atoms with van der Waals surface area (Å²) < 4.78 is 14.3. The monoisotopic (exact) mass is 316 g/mol. The van der Waals surface area contributed by atoms with Gasteiger partial charge in [-0.15, -0.1) is 0 Å². The summed E-state index contributed by atoms with van der Waals surface area (Å²) >= 11 is 8.85. The van der Waals surface area contributed by atoms with Crippen LogP contribution >= 0.6 is 27.5 Å². The molecule has 0 saturated heterocycles. The maximum Gasteiger partial charge on any atom is 0.149 e. The van der Waals surface area contributed by atoms with Gasteiger partial charge in [0.1, 0.15) is 18.2 Å². The smallest absolute Gasteiger partial charge is 0.149 e. The van der Waals surface area contributed by atoms with E-state index in [1.807, 2.05) is 0 Å². The van der Waals surface area contributed by atoms with Crippen molar-refractivity contribution >= 4 is 27.5 Å². The van der Waals surface area contributed by atoms with Crippen molar-refractivity contribution in [1.29, 1.82) is 0 Å². The van der Waals surface area contributed by atoms with Gasteiger partial charge in [-0.2, -0.15) is 0 Å². The molecule has 0 amide bonds. The van der Waals surface area contributed by atoms with E-state index in [1.165, 1.54) is 24.7 Å². The van der Waals surface area contributed by atoms with Crippen LogP contribution in [0.5, 0.6) is 0 Å². The highest BCUT2D eigenvalue weighted by atomic mass is 79.9. The average Bonchev–Trinajstić information content (AvgIpc) is 2.36. The number of halogens is 3. The molecule has 0 aliphatic heterocycles. The molecule has 1 N–H and O–H groups in total. The lowest BCUT2D eigenvalue weighted by atomic mass is 10.1. The molecule has 0 bridgehead atoms. The molecule has 2 rings (SSSR count). The highest BCUT2D eigenvalue weighted by Gasteiger charge is 2.19. The van der Waals surface area contributed by atoms with Crippen LogP contribution in [0, 0.1) is 5.82 Å². The third-order valence-electron chi connectivity index (χ3n) is 2.24. The van der Waals surface area contributed by atoms with Gasteiger partial charge in [0.2, 0.25) is 0 Å². The van der Waals surface area contributed by atoms with Crippen LogP contribution in [-0.4, -0.2) is 15.1 Å². The Bertz CT molecular complexity index is 538. The molecule has 0 aliphatic rings. The zero-order valence-corrected chi connectivity index (χ0v) is 10.8. The van der Waals surface area contributed by atoms with Crippen molar-refractivity contribution in [1.82, 2.24) is 9.97 Å². The topological polar surface area (TPSA) is 46.0 Å². The predicted octanol–water partition coefficient (Wildman–Crippen LogP) is 3.11. The molecule has 1 heterocycles. The molecule has 1 aromatic heterocycles. The summed E-state index contributed by atoms with van der Waals surface area (Å²) in [4.78, 5) is 7.59. The summed E-state index contributed by atoms with van der Waals surface area (Å²) in [5.74, 6) is -0.660. The highest BCUT2D eigenvalue weighted by Crippen LogP contribution is 2.32. The number of aliphatic hydroxyl groups excluding tert-OH is 1. The van der Waals surface area contributed by atoms with E-state index < -0.39 is 11.9 Å². The summed E-state index contributed by atoms with van der Waals surface area (Å²) in [7, 11) is 0. The van der Waals surface area contributed by atoms with Gasteiger partial charge in [0.05, 0.1) is 10.7 Å². The zero-order chi connectivity index (χ0) is 12.4. The van der Waals surface area contributed by atoms with Crippen molar-refractivity contribution < 1.29 is 9.50 Å². The van der Waals surface area contributed by atoms with E-state index in [4.69, 9.17) is 11.6 Å². The van der Waals surface area contributed by atoms with Crippen LogP contribution in [0.2, 0.25) is 5.02 Å². The van der Waals surface area contributed by atoms with Gasteiger partial charge in [-0.05, 0) is 28.1 Å². The Balaban J connectivity index is 2.45. The third kappa shape index (κ3) is 2.46. The van der Waals surface area contributed by atoms with Crippen molar-refractivity contribution in [2.45, 2.75) is 6.10 Å². The normalized spacial score (nSPS) is 12.5. The number of nitrogens with zero attached hydrogens (tertiary/aromatic N) is 2. The minimum atomic E-state index is -1.16. The predicted molar refractivity (Wildman–Crippen MR) is 65.2 cm³/mol. The Morgan fingerprint density at radius 2 is 2.12 bits per heavy atom. The first-order valence-electron chi connectivity index (χ1n) is 4.68. The van der Waals surface area contributed by atoms with Crippen molar-refractivity contribution in [2.24, 2.45) is 0 Å². The SMILES string of the molecule is OC(c1ccncn1)c1ccc(Br)c(Cl)c1F. The van der Waals surface area contributed by atoms with E-state index in [2.05, 4.69) is 25.9 Å². The molecule has 17 heavy (non-hydrogen) atoms. The largest absolute Gasteiger partial charge is 0.382 e.